The van der Waals surface area contributed by atoms with Crippen molar-refractivity contribution in [3.05, 3.63) is 65.5 Å². The van der Waals surface area contributed by atoms with Crippen LogP contribution in [-0.2, 0) is 10.2 Å². The summed E-state index contributed by atoms with van der Waals surface area (Å²) in [6.07, 6.45) is 0.520. The Hall–Kier alpha value is -2.49. The van der Waals surface area contributed by atoms with E-state index in [4.69, 9.17) is 0 Å². The van der Waals surface area contributed by atoms with Gasteiger partial charge in [0, 0.05) is 17.2 Å². The van der Waals surface area contributed by atoms with Gasteiger partial charge >= 0.3 is 0 Å². The second-order valence-corrected chi connectivity index (χ2v) is 5.60. The maximum absolute atomic E-state index is 12.9. The number of fused-ring (bicyclic) bond motifs is 2. The maximum atomic E-state index is 12.9. The smallest absolute Gasteiger partial charge is 0.235 e. The zero-order chi connectivity index (χ0) is 14.6. The molecule has 2 unspecified atom stereocenters. The molecule has 3 nitrogen and oxygen atoms in total. The zero-order valence-corrected chi connectivity index (χ0v) is 11.1. The second-order valence-electron chi connectivity index (χ2n) is 5.60. The number of hydrogen-bond acceptors (Lipinski definition) is 2. The Bertz CT molecular complexity index is 769. The summed E-state index contributed by atoms with van der Waals surface area (Å²) in [5, 5.41) is 2.84. The largest absolute Gasteiger partial charge is 0.325 e. The molecule has 4 rings (SSSR count). The Morgan fingerprint density at radius 3 is 2.62 bits per heavy atom. The molecule has 2 aromatic rings. The standard InChI is InChI=1S/C17H12FNO2/c18-11-7-5-10(6-8-11)15(20)13-9-17(13)12-3-1-2-4-14(12)19-16(17)21/h1-8,13H,9H2,(H,19,21). The minimum Gasteiger partial charge on any atom is -0.325 e. The van der Waals surface area contributed by atoms with Crippen molar-refractivity contribution in [3.63, 3.8) is 0 Å². The van der Waals surface area contributed by atoms with Gasteiger partial charge in [-0.05, 0) is 42.3 Å². The summed E-state index contributed by atoms with van der Waals surface area (Å²) in [4.78, 5) is 24.8. The molecule has 1 fully saturated rings. The van der Waals surface area contributed by atoms with Crippen LogP contribution in [0.2, 0.25) is 0 Å². The first-order chi connectivity index (χ1) is 10.1. The van der Waals surface area contributed by atoms with Crippen LogP contribution < -0.4 is 5.32 Å². The number of Topliss-reactive ketones (excluding diaryl/α,β-unsaturated/α-hetero) is 1. The molecule has 1 amide bonds. The number of rotatable bonds is 2. The lowest BCUT2D eigenvalue weighted by atomic mass is 9.92. The van der Waals surface area contributed by atoms with Crippen LogP contribution in [0.25, 0.3) is 0 Å². The molecule has 1 saturated carbocycles. The Kier molecular flexibility index (Phi) is 2.34. The number of ketones is 1. The Balaban J connectivity index is 1.70. The van der Waals surface area contributed by atoms with E-state index < -0.39 is 5.41 Å². The number of nitrogens with one attached hydrogen (secondary N) is 1. The normalized spacial score (nSPS) is 25.6. The first kappa shape index (κ1) is 12.3. The van der Waals surface area contributed by atoms with E-state index in [1.165, 1.54) is 24.3 Å². The van der Waals surface area contributed by atoms with Crippen molar-refractivity contribution in [3.8, 4) is 0 Å². The van der Waals surface area contributed by atoms with E-state index in [0.29, 0.717) is 12.0 Å². The van der Waals surface area contributed by atoms with Gasteiger partial charge < -0.3 is 5.32 Å². The minimum absolute atomic E-state index is 0.0955. The fourth-order valence-electron chi connectivity index (χ4n) is 3.28. The molecule has 2 aliphatic rings. The molecule has 0 aromatic heterocycles. The molecule has 1 aliphatic heterocycles. The van der Waals surface area contributed by atoms with Crippen molar-refractivity contribution in [2.45, 2.75) is 11.8 Å². The van der Waals surface area contributed by atoms with Gasteiger partial charge in [-0.3, -0.25) is 9.59 Å². The summed E-state index contributed by atoms with van der Waals surface area (Å²) < 4.78 is 12.9. The second kappa shape index (κ2) is 4.01. The molecule has 1 heterocycles. The molecule has 0 bridgehead atoms. The Labute approximate surface area is 120 Å². The summed E-state index contributed by atoms with van der Waals surface area (Å²) in [7, 11) is 0. The van der Waals surface area contributed by atoms with E-state index in [1.807, 2.05) is 24.3 Å². The number of para-hydroxylation sites is 1. The van der Waals surface area contributed by atoms with Crippen molar-refractivity contribution in [1.29, 1.82) is 0 Å². The Morgan fingerprint density at radius 1 is 1.14 bits per heavy atom. The van der Waals surface area contributed by atoms with E-state index in [2.05, 4.69) is 5.32 Å². The molecule has 21 heavy (non-hydrogen) atoms. The van der Waals surface area contributed by atoms with Gasteiger partial charge in [0.05, 0.1) is 5.41 Å². The van der Waals surface area contributed by atoms with Gasteiger partial charge in [0.1, 0.15) is 5.82 Å². The summed E-state index contributed by atoms with van der Waals surface area (Å²) in [5.41, 5.74) is 1.42. The third kappa shape index (κ3) is 1.59. The molecule has 0 saturated heterocycles. The highest BCUT2D eigenvalue weighted by Gasteiger charge is 2.67. The van der Waals surface area contributed by atoms with Gasteiger partial charge in [-0.15, -0.1) is 0 Å². The van der Waals surface area contributed by atoms with Crippen molar-refractivity contribution >= 4 is 17.4 Å². The van der Waals surface area contributed by atoms with Crippen molar-refractivity contribution in [1.82, 2.24) is 0 Å². The number of anilines is 1. The van der Waals surface area contributed by atoms with Crippen molar-refractivity contribution in [2.24, 2.45) is 5.92 Å². The van der Waals surface area contributed by atoms with Crippen LogP contribution in [0, 0.1) is 11.7 Å². The predicted molar refractivity (Wildman–Crippen MR) is 75.6 cm³/mol. The highest BCUT2D eigenvalue weighted by Crippen LogP contribution is 2.60. The lowest BCUT2D eigenvalue weighted by Crippen LogP contribution is -2.24. The summed E-state index contributed by atoms with van der Waals surface area (Å²) in [5.74, 6) is -0.932. The van der Waals surface area contributed by atoms with E-state index in [-0.39, 0.29) is 23.4 Å². The lowest BCUT2D eigenvalue weighted by molar-refractivity contribution is -0.118. The Morgan fingerprint density at radius 2 is 1.86 bits per heavy atom. The topological polar surface area (TPSA) is 46.2 Å². The molecule has 2 aromatic carbocycles. The van der Waals surface area contributed by atoms with Crippen LogP contribution in [0.5, 0.6) is 0 Å². The number of benzene rings is 2. The monoisotopic (exact) mass is 281 g/mol. The third-order valence-corrected chi connectivity index (χ3v) is 4.47. The summed E-state index contributed by atoms with van der Waals surface area (Å²) in [6, 6.07) is 13.0. The fraction of sp³-hybridized carbons (Fsp3) is 0.176. The summed E-state index contributed by atoms with van der Waals surface area (Å²) >= 11 is 0. The first-order valence-corrected chi connectivity index (χ1v) is 6.84. The number of halogens is 1. The van der Waals surface area contributed by atoms with Crippen LogP contribution in [0.3, 0.4) is 0 Å². The van der Waals surface area contributed by atoms with Gasteiger partial charge in [-0.25, -0.2) is 4.39 Å². The van der Waals surface area contributed by atoms with Gasteiger partial charge in [0.25, 0.3) is 0 Å². The van der Waals surface area contributed by atoms with E-state index in [9.17, 15) is 14.0 Å². The highest BCUT2D eigenvalue weighted by molar-refractivity contribution is 6.15. The molecule has 1 aliphatic carbocycles. The SMILES string of the molecule is O=C(c1ccc(F)cc1)C1CC12C(=O)Nc1ccccc12. The highest BCUT2D eigenvalue weighted by atomic mass is 19.1. The van der Waals surface area contributed by atoms with Crippen LogP contribution in [0.1, 0.15) is 22.3 Å². The minimum atomic E-state index is -0.720. The molecule has 104 valence electrons. The number of hydrogen-bond donors (Lipinski definition) is 1. The third-order valence-electron chi connectivity index (χ3n) is 4.47. The average Bonchev–Trinajstić information content (AvgIpc) is 3.18. The molecule has 2 atom stereocenters. The van der Waals surface area contributed by atoms with Gasteiger partial charge in [-0.1, -0.05) is 18.2 Å². The van der Waals surface area contributed by atoms with Gasteiger partial charge in [0.2, 0.25) is 5.91 Å². The number of carbonyl (C=O) groups excluding carboxylic acids is 2. The van der Waals surface area contributed by atoms with Crippen LogP contribution >= 0.6 is 0 Å². The fourth-order valence-corrected chi connectivity index (χ4v) is 3.28. The molecule has 0 radical (unpaired) electrons. The lowest BCUT2D eigenvalue weighted by Gasteiger charge is -2.07. The van der Waals surface area contributed by atoms with Crippen LogP contribution in [-0.4, -0.2) is 11.7 Å². The molecule has 4 heteroatoms. The molecular formula is C17H12FNO2. The van der Waals surface area contributed by atoms with E-state index in [1.54, 1.807) is 0 Å². The number of amides is 1. The van der Waals surface area contributed by atoms with Gasteiger partial charge in [0.15, 0.2) is 5.78 Å². The summed E-state index contributed by atoms with van der Waals surface area (Å²) in [6.45, 7) is 0. The average molecular weight is 281 g/mol. The molecular weight excluding hydrogens is 269 g/mol. The van der Waals surface area contributed by atoms with E-state index >= 15 is 0 Å². The molecule has 1 N–H and O–H groups in total. The predicted octanol–water partition coefficient (Wildman–Crippen LogP) is 2.92. The van der Waals surface area contributed by atoms with Crippen LogP contribution in [0.4, 0.5) is 10.1 Å². The zero-order valence-electron chi connectivity index (χ0n) is 11.1. The quantitative estimate of drug-likeness (QED) is 0.860. The van der Waals surface area contributed by atoms with E-state index in [0.717, 1.165) is 11.3 Å². The first-order valence-electron chi connectivity index (χ1n) is 6.84. The van der Waals surface area contributed by atoms with Gasteiger partial charge in [-0.2, -0.15) is 0 Å². The van der Waals surface area contributed by atoms with Crippen LogP contribution in [0.15, 0.2) is 48.5 Å². The van der Waals surface area contributed by atoms with Crippen molar-refractivity contribution in [2.75, 3.05) is 5.32 Å². The van der Waals surface area contributed by atoms with Crippen molar-refractivity contribution < 1.29 is 14.0 Å². The number of carbonyl (C=O) groups is 2. The maximum Gasteiger partial charge on any atom is 0.235 e. The molecule has 1 spiro atoms.